The standard InChI is InChI=1S/C15H21FN2.C2H6/c1-10-6-14(7-15(16)11(10)2)18-8-12-4-5-13(9-18)17(12)3;1-2/h6-7,12-13H,4-5,8-9H2,1-3H3;1-2H3. The van der Waals surface area contributed by atoms with Crippen molar-refractivity contribution in [3.8, 4) is 0 Å². The summed E-state index contributed by atoms with van der Waals surface area (Å²) >= 11 is 0. The van der Waals surface area contributed by atoms with Crippen molar-refractivity contribution in [2.24, 2.45) is 0 Å². The summed E-state index contributed by atoms with van der Waals surface area (Å²) in [4.78, 5) is 4.85. The average molecular weight is 278 g/mol. The highest BCUT2D eigenvalue weighted by atomic mass is 19.1. The molecule has 2 bridgehead atoms. The maximum absolute atomic E-state index is 13.8. The highest BCUT2D eigenvalue weighted by Crippen LogP contribution is 2.32. The van der Waals surface area contributed by atoms with E-state index in [4.69, 9.17) is 0 Å². The number of benzene rings is 1. The molecule has 2 fully saturated rings. The van der Waals surface area contributed by atoms with Crippen LogP contribution >= 0.6 is 0 Å². The Morgan fingerprint density at radius 1 is 1.05 bits per heavy atom. The largest absolute Gasteiger partial charge is 0.368 e. The molecule has 0 radical (unpaired) electrons. The van der Waals surface area contributed by atoms with Gasteiger partial charge < -0.3 is 4.90 Å². The normalized spacial score (nSPS) is 25.4. The first-order valence-electron chi connectivity index (χ1n) is 7.80. The van der Waals surface area contributed by atoms with Gasteiger partial charge in [0.05, 0.1) is 0 Å². The minimum absolute atomic E-state index is 0.0729. The Labute approximate surface area is 122 Å². The molecule has 0 aromatic heterocycles. The molecule has 2 aliphatic heterocycles. The molecule has 2 unspecified atom stereocenters. The molecular weight excluding hydrogens is 251 g/mol. The smallest absolute Gasteiger partial charge is 0.128 e. The van der Waals surface area contributed by atoms with Crippen molar-refractivity contribution in [2.75, 3.05) is 25.0 Å². The fraction of sp³-hybridized carbons (Fsp3) is 0.647. The van der Waals surface area contributed by atoms with E-state index in [1.54, 1.807) is 6.07 Å². The van der Waals surface area contributed by atoms with Crippen molar-refractivity contribution in [3.05, 3.63) is 29.1 Å². The quantitative estimate of drug-likeness (QED) is 0.772. The van der Waals surface area contributed by atoms with E-state index < -0.39 is 0 Å². The lowest BCUT2D eigenvalue weighted by molar-refractivity contribution is 0.212. The molecular formula is C17H27FN2. The molecule has 2 heterocycles. The minimum atomic E-state index is -0.0729. The van der Waals surface area contributed by atoms with Crippen LogP contribution in [0.1, 0.15) is 37.8 Å². The number of fused-ring (bicyclic) bond motifs is 2. The maximum Gasteiger partial charge on any atom is 0.128 e. The first-order chi connectivity index (χ1) is 9.56. The summed E-state index contributed by atoms with van der Waals surface area (Å²) < 4.78 is 13.8. The molecule has 0 aliphatic carbocycles. The molecule has 0 saturated carbocycles. The van der Waals surface area contributed by atoms with Gasteiger partial charge in [0.25, 0.3) is 0 Å². The Kier molecular flexibility index (Phi) is 4.69. The molecule has 20 heavy (non-hydrogen) atoms. The van der Waals surface area contributed by atoms with Crippen molar-refractivity contribution in [3.63, 3.8) is 0 Å². The van der Waals surface area contributed by atoms with E-state index in [0.29, 0.717) is 12.1 Å². The zero-order valence-corrected chi connectivity index (χ0v) is 13.4. The molecule has 3 rings (SSSR count). The zero-order chi connectivity index (χ0) is 14.9. The first-order valence-corrected chi connectivity index (χ1v) is 7.80. The lowest BCUT2D eigenvalue weighted by atomic mass is 10.1. The van der Waals surface area contributed by atoms with E-state index in [2.05, 4.69) is 22.9 Å². The van der Waals surface area contributed by atoms with E-state index >= 15 is 0 Å². The summed E-state index contributed by atoms with van der Waals surface area (Å²) in [5, 5.41) is 0. The van der Waals surface area contributed by atoms with Crippen LogP contribution in [0, 0.1) is 19.7 Å². The van der Waals surface area contributed by atoms with E-state index in [9.17, 15) is 4.39 Å². The Hall–Kier alpha value is -1.09. The number of piperazine rings is 1. The van der Waals surface area contributed by atoms with Crippen LogP contribution in [0.3, 0.4) is 0 Å². The molecule has 0 spiro atoms. The topological polar surface area (TPSA) is 6.48 Å². The second kappa shape index (κ2) is 6.13. The number of anilines is 1. The molecule has 3 heteroatoms. The van der Waals surface area contributed by atoms with Gasteiger partial charge in [0.2, 0.25) is 0 Å². The summed E-state index contributed by atoms with van der Waals surface area (Å²) in [7, 11) is 2.22. The van der Waals surface area contributed by atoms with Crippen molar-refractivity contribution in [2.45, 2.75) is 52.6 Å². The summed E-state index contributed by atoms with van der Waals surface area (Å²) in [6.07, 6.45) is 2.57. The van der Waals surface area contributed by atoms with Gasteiger partial charge >= 0.3 is 0 Å². The predicted octanol–water partition coefficient (Wildman–Crippen LogP) is 3.75. The average Bonchev–Trinajstić information content (AvgIpc) is 2.68. The van der Waals surface area contributed by atoms with Crippen LogP contribution in [0.4, 0.5) is 10.1 Å². The van der Waals surface area contributed by atoms with Gasteiger partial charge in [-0.2, -0.15) is 0 Å². The Bertz CT molecular complexity index is 435. The molecule has 2 nitrogen and oxygen atoms in total. The predicted molar refractivity (Wildman–Crippen MR) is 84.0 cm³/mol. The van der Waals surface area contributed by atoms with Gasteiger partial charge in [0.1, 0.15) is 5.82 Å². The molecule has 0 N–H and O–H groups in total. The third kappa shape index (κ3) is 2.69. The number of aryl methyl sites for hydroxylation is 1. The Balaban J connectivity index is 0.000000704. The number of rotatable bonds is 1. The van der Waals surface area contributed by atoms with E-state index in [0.717, 1.165) is 29.9 Å². The molecule has 2 saturated heterocycles. The number of hydrogen-bond donors (Lipinski definition) is 0. The Morgan fingerprint density at radius 3 is 2.10 bits per heavy atom. The second-order valence-corrected chi connectivity index (χ2v) is 5.82. The van der Waals surface area contributed by atoms with Gasteiger partial charge in [-0.1, -0.05) is 13.8 Å². The van der Waals surface area contributed by atoms with Gasteiger partial charge in [0, 0.05) is 30.9 Å². The molecule has 112 valence electrons. The van der Waals surface area contributed by atoms with Crippen molar-refractivity contribution in [1.29, 1.82) is 0 Å². The lowest BCUT2D eigenvalue weighted by Gasteiger charge is -2.40. The summed E-state index contributed by atoms with van der Waals surface area (Å²) in [6, 6.07) is 5.12. The third-order valence-corrected chi connectivity index (χ3v) is 4.80. The Morgan fingerprint density at radius 2 is 1.60 bits per heavy atom. The van der Waals surface area contributed by atoms with Crippen LogP contribution in [0.2, 0.25) is 0 Å². The number of halogens is 1. The fourth-order valence-electron chi connectivity index (χ4n) is 3.31. The molecule has 2 atom stereocenters. The number of hydrogen-bond acceptors (Lipinski definition) is 2. The van der Waals surface area contributed by atoms with Crippen LogP contribution in [-0.4, -0.2) is 37.1 Å². The molecule has 0 amide bonds. The van der Waals surface area contributed by atoms with Crippen LogP contribution in [-0.2, 0) is 0 Å². The van der Waals surface area contributed by atoms with Crippen LogP contribution in [0.25, 0.3) is 0 Å². The van der Waals surface area contributed by atoms with E-state index in [-0.39, 0.29) is 5.82 Å². The SMILES string of the molecule is CC.Cc1cc(N2CC3CCC(C2)N3C)cc(F)c1C. The van der Waals surface area contributed by atoms with E-state index in [1.807, 2.05) is 27.7 Å². The van der Waals surface area contributed by atoms with Gasteiger partial charge in [-0.15, -0.1) is 0 Å². The molecule has 1 aromatic carbocycles. The third-order valence-electron chi connectivity index (χ3n) is 4.80. The van der Waals surface area contributed by atoms with Gasteiger partial charge in [-0.3, -0.25) is 4.90 Å². The number of nitrogens with zero attached hydrogens (tertiary/aromatic N) is 2. The van der Waals surface area contributed by atoms with Crippen LogP contribution in [0.15, 0.2) is 12.1 Å². The second-order valence-electron chi connectivity index (χ2n) is 5.82. The van der Waals surface area contributed by atoms with Crippen molar-refractivity contribution < 1.29 is 4.39 Å². The van der Waals surface area contributed by atoms with Crippen molar-refractivity contribution >= 4 is 5.69 Å². The fourth-order valence-corrected chi connectivity index (χ4v) is 3.31. The summed E-state index contributed by atoms with van der Waals surface area (Å²) in [6.45, 7) is 9.92. The maximum atomic E-state index is 13.8. The minimum Gasteiger partial charge on any atom is -0.368 e. The van der Waals surface area contributed by atoms with Gasteiger partial charge in [0.15, 0.2) is 0 Å². The van der Waals surface area contributed by atoms with E-state index in [1.165, 1.54) is 12.8 Å². The van der Waals surface area contributed by atoms with Crippen molar-refractivity contribution in [1.82, 2.24) is 4.90 Å². The highest BCUT2D eigenvalue weighted by molar-refractivity contribution is 5.52. The van der Waals surface area contributed by atoms with Gasteiger partial charge in [-0.25, -0.2) is 4.39 Å². The van der Waals surface area contributed by atoms with Crippen LogP contribution in [0.5, 0.6) is 0 Å². The lowest BCUT2D eigenvalue weighted by Crippen LogP contribution is -2.52. The van der Waals surface area contributed by atoms with Crippen LogP contribution < -0.4 is 4.90 Å². The molecule has 2 aliphatic rings. The monoisotopic (exact) mass is 278 g/mol. The number of likely N-dealkylation sites (N-methyl/N-ethyl adjacent to an activating group) is 1. The summed E-state index contributed by atoms with van der Waals surface area (Å²) in [5.41, 5.74) is 2.88. The first kappa shape index (κ1) is 15.3. The van der Waals surface area contributed by atoms with Gasteiger partial charge in [-0.05, 0) is 57.0 Å². The molecule has 1 aromatic rings. The summed E-state index contributed by atoms with van der Waals surface area (Å²) in [5.74, 6) is -0.0729. The zero-order valence-electron chi connectivity index (χ0n) is 13.4. The highest BCUT2D eigenvalue weighted by Gasteiger charge is 2.37.